The topological polar surface area (TPSA) is 50.8 Å². The second-order valence-corrected chi connectivity index (χ2v) is 5.83. The van der Waals surface area contributed by atoms with E-state index in [-0.39, 0.29) is 11.7 Å². The molecule has 1 aromatic rings. The Bertz CT molecular complexity index is 490. The summed E-state index contributed by atoms with van der Waals surface area (Å²) in [6, 6.07) is 6.89. The molecule has 2 fully saturated rings. The van der Waals surface area contributed by atoms with Crippen LogP contribution in [0.25, 0.3) is 0 Å². The van der Waals surface area contributed by atoms with Crippen molar-refractivity contribution < 1.29 is 14.3 Å². The monoisotopic (exact) mass is 310 g/mol. The van der Waals surface area contributed by atoms with Crippen LogP contribution >= 0.6 is 11.6 Å². The normalized spacial score (nSPS) is 21.6. The van der Waals surface area contributed by atoms with Gasteiger partial charge in [0.1, 0.15) is 0 Å². The van der Waals surface area contributed by atoms with Crippen LogP contribution in [0.3, 0.4) is 0 Å². The van der Waals surface area contributed by atoms with Gasteiger partial charge in [0, 0.05) is 36.5 Å². The van der Waals surface area contributed by atoms with Crippen LogP contribution in [-0.4, -0.2) is 49.6 Å². The van der Waals surface area contributed by atoms with Gasteiger partial charge in [-0.2, -0.15) is 0 Å². The molecule has 114 valence electrons. The van der Waals surface area contributed by atoms with E-state index in [9.17, 15) is 4.79 Å². The maximum Gasteiger partial charge on any atom is 0.252 e. The quantitative estimate of drug-likeness (QED) is 0.926. The third kappa shape index (κ3) is 3.55. The largest absolute Gasteiger partial charge is 0.347 e. The highest BCUT2D eigenvalue weighted by Crippen LogP contribution is 2.30. The molecule has 0 saturated carbocycles. The van der Waals surface area contributed by atoms with Crippen LogP contribution in [0.2, 0.25) is 5.02 Å². The highest BCUT2D eigenvalue weighted by Gasteiger charge is 2.39. The highest BCUT2D eigenvalue weighted by atomic mass is 35.5. The predicted molar refractivity (Wildman–Crippen MR) is 79.2 cm³/mol. The molecule has 2 aliphatic heterocycles. The smallest absolute Gasteiger partial charge is 0.252 e. The summed E-state index contributed by atoms with van der Waals surface area (Å²) >= 11 is 5.81. The number of nitrogens with one attached hydrogen (secondary N) is 1. The van der Waals surface area contributed by atoms with Crippen molar-refractivity contribution in [1.29, 1.82) is 0 Å². The number of carbonyl (C=O) groups excluding carboxylic acids is 1. The predicted octanol–water partition coefficient (Wildman–Crippen LogP) is 1.87. The van der Waals surface area contributed by atoms with Crippen molar-refractivity contribution in [2.45, 2.75) is 18.6 Å². The summed E-state index contributed by atoms with van der Waals surface area (Å²) in [7, 11) is 0. The number of carbonyl (C=O) groups is 1. The van der Waals surface area contributed by atoms with E-state index < -0.39 is 0 Å². The van der Waals surface area contributed by atoms with E-state index in [1.807, 2.05) is 0 Å². The Morgan fingerprint density at radius 2 is 1.81 bits per heavy atom. The van der Waals surface area contributed by atoms with Crippen molar-refractivity contribution in [3.8, 4) is 0 Å². The zero-order valence-electron chi connectivity index (χ0n) is 11.8. The summed E-state index contributed by atoms with van der Waals surface area (Å²) in [6.45, 7) is 3.64. The molecule has 2 aliphatic rings. The van der Waals surface area contributed by atoms with E-state index in [1.165, 1.54) is 0 Å². The van der Waals surface area contributed by atoms with Crippen LogP contribution in [0, 0.1) is 0 Å². The molecule has 1 amide bonds. The van der Waals surface area contributed by atoms with Crippen LogP contribution in [-0.2, 0) is 9.47 Å². The van der Waals surface area contributed by atoms with Crippen LogP contribution in [0.4, 0.5) is 0 Å². The molecule has 3 rings (SSSR count). The molecule has 2 heterocycles. The van der Waals surface area contributed by atoms with E-state index in [2.05, 4.69) is 10.2 Å². The summed E-state index contributed by atoms with van der Waals surface area (Å²) < 4.78 is 11.4. The maximum atomic E-state index is 12.0. The Hall–Kier alpha value is -1.14. The molecule has 0 radical (unpaired) electrons. The molecule has 1 spiro atoms. The molecule has 0 aliphatic carbocycles. The lowest BCUT2D eigenvalue weighted by atomic mass is 10.0. The Labute approximate surface area is 129 Å². The van der Waals surface area contributed by atoms with Gasteiger partial charge >= 0.3 is 0 Å². The van der Waals surface area contributed by atoms with Crippen LogP contribution in [0.1, 0.15) is 23.2 Å². The minimum Gasteiger partial charge on any atom is -0.347 e. The van der Waals surface area contributed by atoms with Gasteiger partial charge in [-0.25, -0.2) is 0 Å². The van der Waals surface area contributed by atoms with E-state index >= 15 is 0 Å². The second kappa shape index (κ2) is 6.32. The Morgan fingerprint density at radius 1 is 1.19 bits per heavy atom. The fraction of sp³-hybridized carbons (Fsp3) is 0.533. The van der Waals surface area contributed by atoms with E-state index in [4.69, 9.17) is 21.1 Å². The standard InChI is InChI=1S/C15H19ClN2O3/c16-13-3-1-12(2-4-13)14(19)17-11-18-7-5-15(6-8-18)20-9-10-21-15/h1-4H,5-11H2,(H,17,19). The fourth-order valence-electron chi connectivity index (χ4n) is 2.72. The van der Waals surface area contributed by atoms with Gasteiger partial charge in [0.05, 0.1) is 19.9 Å². The highest BCUT2D eigenvalue weighted by molar-refractivity contribution is 6.30. The van der Waals surface area contributed by atoms with Gasteiger partial charge in [0.2, 0.25) is 0 Å². The first-order valence-electron chi connectivity index (χ1n) is 7.21. The average molecular weight is 311 g/mol. The number of piperidine rings is 1. The lowest BCUT2D eigenvalue weighted by Gasteiger charge is -2.37. The van der Waals surface area contributed by atoms with Crippen molar-refractivity contribution in [2.24, 2.45) is 0 Å². The molecular formula is C15H19ClN2O3. The zero-order chi connectivity index (χ0) is 14.7. The van der Waals surface area contributed by atoms with Gasteiger partial charge in [-0.15, -0.1) is 0 Å². The molecule has 2 saturated heterocycles. The fourth-order valence-corrected chi connectivity index (χ4v) is 2.85. The van der Waals surface area contributed by atoms with E-state index in [1.54, 1.807) is 24.3 Å². The van der Waals surface area contributed by atoms with Crippen LogP contribution < -0.4 is 5.32 Å². The van der Waals surface area contributed by atoms with Crippen molar-refractivity contribution in [2.75, 3.05) is 33.0 Å². The van der Waals surface area contributed by atoms with Crippen molar-refractivity contribution >= 4 is 17.5 Å². The Kier molecular flexibility index (Phi) is 4.45. The average Bonchev–Trinajstić information content (AvgIpc) is 2.95. The number of rotatable bonds is 3. The molecule has 21 heavy (non-hydrogen) atoms. The molecule has 1 aromatic carbocycles. The van der Waals surface area contributed by atoms with Gasteiger partial charge < -0.3 is 14.8 Å². The van der Waals surface area contributed by atoms with Crippen LogP contribution in [0.5, 0.6) is 0 Å². The van der Waals surface area contributed by atoms with Gasteiger partial charge in [0.25, 0.3) is 5.91 Å². The number of likely N-dealkylation sites (tertiary alicyclic amines) is 1. The minimum absolute atomic E-state index is 0.0830. The zero-order valence-corrected chi connectivity index (χ0v) is 12.6. The van der Waals surface area contributed by atoms with Gasteiger partial charge in [-0.05, 0) is 24.3 Å². The second-order valence-electron chi connectivity index (χ2n) is 5.40. The van der Waals surface area contributed by atoms with Crippen molar-refractivity contribution in [3.05, 3.63) is 34.9 Å². The molecule has 0 atom stereocenters. The Morgan fingerprint density at radius 3 is 2.43 bits per heavy atom. The molecular weight excluding hydrogens is 292 g/mol. The summed E-state index contributed by atoms with van der Waals surface area (Å²) in [5, 5.41) is 3.56. The third-order valence-corrected chi connectivity index (χ3v) is 4.25. The first-order chi connectivity index (χ1) is 10.2. The van der Waals surface area contributed by atoms with Crippen molar-refractivity contribution in [1.82, 2.24) is 10.2 Å². The summed E-state index contributed by atoms with van der Waals surface area (Å²) in [5.74, 6) is -0.447. The lowest BCUT2D eigenvalue weighted by Crippen LogP contribution is -2.48. The third-order valence-electron chi connectivity index (χ3n) is 4.00. The van der Waals surface area contributed by atoms with Gasteiger partial charge in [-0.1, -0.05) is 11.6 Å². The number of hydrogen-bond donors (Lipinski definition) is 1. The van der Waals surface area contributed by atoms with E-state index in [0.717, 1.165) is 25.9 Å². The number of ether oxygens (including phenoxy) is 2. The molecule has 1 N–H and O–H groups in total. The van der Waals surface area contributed by atoms with Crippen molar-refractivity contribution in [3.63, 3.8) is 0 Å². The molecule has 0 bridgehead atoms. The summed E-state index contributed by atoms with van der Waals surface area (Å²) in [4.78, 5) is 14.2. The van der Waals surface area contributed by atoms with Gasteiger partial charge in [-0.3, -0.25) is 9.69 Å². The minimum atomic E-state index is -0.364. The molecule has 6 heteroatoms. The van der Waals surface area contributed by atoms with Gasteiger partial charge in [0.15, 0.2) is 5.79 Å². The molecule has 0 unspecified atom stereocenters. The SMILES string of the molecule is O=C(NCN1CCC2(CC1)OCCO2)c1ccc(Cl)cc1. The molecule has 0 aromatic heterocycles. The number of nitrogens with zero attached hydrogens (tertiary/aromatic N) is 1. The van der Waals surface area contributed by atoms with Crippen LogP contribution in [0.15, 0.2) is 24.3 Å². The summed E-state index contributed by atoms with van der Waals surface area (Å²) in [5.41, 5.74) is 0.621. The van der Waals surface area contributed by atoms with E-state index in [0.29, 0.717) is 30.5 Å². The first-order valence-corrected chi connectivity index (χ1v) is 7.59. The first kappa shape index (κ1) is 14.8. The maximum absolute atomic E-state index is 12.0. The Balaban J connectivity index is 1.45. The number of amides is 1. The number of hydrogen-bond acceptors (Lipinski definition) is 4. The number of halogens is 1. The summed E-state index contributed by atoms with van der Waals surface area (Å²) in [6.07, 6.45) is 1.70. The lowest BCUT2D eigenvalue weighted by molar-refractivity contribution is -0.185. The molecule has 5 nitrogen and oxygen atoms in total. The number of benzene rings is 1.